The lowest BCUT2D eigenvalue weighted by molar-refractivity contribution is -0.147. The molecule has 1 atom stereocenters. The lowest BCUT2D eigenvalue weighted by atomic mass is 10.1. The summed E-state index contributed by atoms with van der Waals surface area (Å²) in [5, 5.41) is 2.57. The van der Waals surface area contributed by atoms with Crippen LogP contribution >= 0.6 is 0 Å². The SMILES string of the molecule is CNC(=O)[C@@H]1CN(C(=O)CCc2ccccc2)CCN1C(C)=O. The molecule has 0 radical (unpaired) electrons. The zero-order chi connectivity index (χ0) is 16.8. The molecule has 0 bridgehead atoms. The van der Waals surface area contributed by atoms with Gasteiger partial charge < -0.3 is 15.1 Å². The molecule has 1 aliphatic rings. The van der Waals surface area contributed by atoms with Crippen LogP contribution in [-0.2, 0) is 20.8 Å². The van der Waals surface area contributed by atoms with Gasteiger partial charge in [-0.3, -0.25) is 14.4 Å². The van der Waals surface area contributed by atoms with Crippen LogP contribution in [-0.4, -0.2) is 60.2 Å². The third kappa shape index (κ3) is 4.31. The van der Waals surface area contributed by atoms with E-state index in [0.717, 1.165) is 5.56 Å². The first-order valence-corrected chi connectivity index (χ1v) is 7.83. The van der Waals surface area contributed by atoms with E-state index in [-0.39, 0.29) is 24.3 Å². The molecule has 3 amide bonds. The van der Waals surface area contributed by atoms with Crippen LogP contribution in [0.2, 0.25) is 0 Å². The lowest BCUT2D eigenvalue weighted by Gasteiger charge is -2.40. The molecule has 0 aromatic heterocycles. The molecular formula is C17H23N3O3. The van der Waals surface area contributed by atoms with E-state index in [1.807, 2.05) is 30.3 Å². The number of carbonyl (C=O) groups excluding carboxylic acids is 3. The van der Waals surface area contributed by atoms with Crippen LogP contribution in [0.25, 0.3) is 0 Å². The molecular weight excluding hydrogens is 294 g/mol. The van der Waals surface area contributed by atoms with Gasteiger partial charge in [-0.2, -0.15) is 0 Å². The van der Waals surface area contributed by atoms with Crippen molar-refractivity contribution >= 4 is 17.7 Å². The Balaban J connectivity index is 1.96. The molecule has 1 aromatic rings. The molecule has 23 heavy (non-hydrogen) atoms. The Hall–Kier alpha value is -2.37. The summed E-state index contributed by atoms with van der Waals surface area (Å²) in [5.41, 5.74) is 1.12. The summed E-state index contributed by atoms with van der Waals surface area (Å²) in [6, 6.07) is 9.23. The van der Waals surface area contributed by atoms with Crippen LogP contribution in [0.1, 0.15) is 18.9 Å². The van der Waals surface area contributed by atoms with Crippen LogP contribution in [0, 0.1) is 0 Å². The smallest absolute Gasteiger partial charge is 0.244 e. The minimum absolute atomic E-state index is 0.0194. The van der Waals surface area contributed by atoms with Gasteiger partial charge in [-0.15, -0.1) is 0 Å². The normalized spacial score (nSPS) is 17.7. The van der Waals surface area contributed by atoms with Crippen LogP contribution in [0.5, 0.6) is 0 Å². The molecule has 2 rings (SSSR count). The van der Waals surface area contributed by atoms with Gasteiger partial charge in [0.1, 0.15) is 6.04 Å². The fraction of sp³-hybridized carbons (Fsp3) is 0.471. The van der Waals surface area contributed by atoms with Crippen molar-refractivity contribution in [1.82, 2.24) is 15.1 Å². The predicted octanol–water partition coefficient (Wildman–Crippen LogP) is 0.425. The van der Waals surface area contributed by atoms with Crippen molar-refractivity contribution in [1.29, 1.82) is 0 Å². The summed E-state index contributed by atoms with van der Waals surface area (Å²) in [6.45, 7) is 2.57. The van der Waals surface area contributed by atoms with Gasteiger partial charge in [0, 0.05) is 33.5 Å². The van der Waals surface area contributed by atoms with Crippen molar-refractivity contribution in [2.75, 3.05) is 26.7 Å². The molecule has 6 nitrogen and oxygen atoms in total. The van der Waals surface area contributed by atoms with Gasteiger partial charge in [-0.1, -0.05) is 30.3 Å². The van der Waals surface area contributed by atoms with Crippen LogP contribution in [0.15, 0.2) is 30.3 Å². The fourth-order valence-electron chi connectivity index (χ4n) is 2.83. The van der Waals surface area contributed by atoms with E-state index in [2.05, 4.69) is 5.32 Å². The van der Waals surface area contributed by atoms with Gasteiger partial charge in [0.25, 0.3) is 0 Å². The summed E-state index contributed by atoms with van der Waals surface area (Å²) in [6.07, 6.45) is 1.09. The maximum Gasteiger partial charge on any atom is 0.244 e. The standard InChI is InChI=1S/C17H23N3O3/c1-13(21)20-11-10-19(12-15(20)17(23)18-2)16(22)9-8-14-6-4-3-5-7-14/h3-7,15H,8-12H2,1-2H3,(H,18,23)/t15-/m0/s1. The average Bonchev–Trinajstić information content (AvgIpc) is 2.59. The number of aryl methyl sites for hydroxylation is 1. The van der Waals surface area contributed by atoms with Crippen molar-refractivity contribution in [3.05, 3.63) is 35.9 Å². The molecule has 0 spiro atoms. The third-order valence-electron chi connectivity index (χ3n) is 4.16. The minimum Gasteiger partial charge on any atom is -0.357 e. The average molecular weight is 317 g/mol. The lowest BCUT2D eigenvalue weighted by Crippen LogP contribution is -2.60. The number of nitrogens with zero attached hydrogens (tertiary/aromatic N) is 2. The Labute approximate surface area is 136 Å². The zero-order valence-electron chi connectivity index (χ0n) is 13.6. The number of nitrogens with one attached hydrogen (secondary N) is 1. The summed E-state index contributed by atoms with van der Waals surface area (Å²) < 4.78 is 0. The first-order chi connectivity index (χ1) is 11.0. The predicted molar refractivity (Wildman–Crippen MR) is 86.6 cm³/mol. The molecule has 0 aliphatic carbocycles. The van der Waals surface area contributed by atoms with Gasteiger partial charge >= 0.3 is 0 Å². The molecule has 1 fully saturated rings. The Kier molecular flexibility index (Phi) is 5.73. The number of benzene rings is 1. The third-order valence-corrected chi connectivity index (χ3v) is 4.16. The zero-order valence-corrected chi connectivity index (χ0v) is 13.6. The number of piperazine rings is 1. The van der Waals surface area contributed by atoms with Crippen LogP contribution in [0.4, 0.5) is 0 Å². The summed E-state index contributed by atoms with van der Waals surface area (Å²) in [7, 11) is 1.54. The topological polar surface area (TPSA) is 69.7 Å². The van der Waals surface area contributed by atoms with Gasteiger partial charge in [0.05, 0.1) is 6.54 Å². The second-order valence-corrected chi connectivity index (χ2v) is 5.67. The van der Waals surface area contributed by atoms with E-state index < -0.39 is 6.04 Å². The van der Waals surface area contributed by atoms with Crippen molar-refractivity contribution in [3.8, 4) is 0 Å². The highest BCUT2D eigenvalue weighted by molar-refractivity contribution is 5.88. The van der Waals surface area contributed by atoms with Crippen molar-refractivity contribution in [2.45, 2.75) is 25.8 Å². The largest absolute Gasteiger partial charge is 0.357 e. The van der Waals surface area contributed by atoms with Crippen LogP contribution < -0.4 is 5.32 Å². The summed E-state index contributed by atoms with van der Waals surface area (Å²) >= 11 is 0. The molecule has 0 unspecified atom stereocenters. The number of likely N-dealkylation sites (N-methyl/N-ethyl adjacent to an activating group) is 1. The minimum atomic E-state index is -0.605. The van der Waals surface area contributed by atoms with Crippen molar-refractivity contribution < 1.29 is 14.4 Å². The number of hydrogen-bond donors (Lipinski definition) is 1. The number of amides is 3. The van der Waals surface area contributed by atoms with Gasteiger partial charge in [-0.25, -0.2) is 0 Å². The molecule has 1 aliphatic heterocycles. The van der Waals surface area contributed by atoms with Crippen molar-refractivity contribution in [2.24, 2.45) is 0 Å². The second kappa shape index (κ2) is 7.76. The van der Waals surface area contributed by atoms with Crippen LogP contribution in [0.3, 0.4) is 0 Å². The van der Waals surface area contributed by atoms with E-state index in [4.69, 9.17) is 0 Å². The highest BCUT2D eigenvalue weighted by atomic mass is 16.2. The first-order valence-electron chi connectivity index (χ1n) is 7.83. The Morgan fingerprint density at radius 2 is 1.87 bits per heavy atom. The number of carbonyl (C=O) groups is 3. The molecule has 124 valence electrons. The molecule has 1 aromatic carbocycles. The Morgan fingerprint density at radius 3 is 2.48 bits per heavy atom. The van der Waals surface area contributed by atoms with Gasteiger partial charge in [0.2, 0.25) is 17.7 Å². The summed E-state index contributed by atoms with van der Waals surface area (Å²) in [4.78, 5) is 39.3. The van der Waals surface area contributed by atoms with E-state index in [1.165, 1.54) is 18.9 Å². The second-order valence-electron chi connectivity index (χ2n) is 5.67. The Bertz CT molecular complexity index is 574. The number of hydrogen-bond acceptors (Lipinski definition) is 3. The summed E-state index contributed by atoms with van der Waals surface area (Å²) in [5.74, 6) is -0.360. The first kappa shape index (κ1) is 17.0. The van der Waals surface area contributed by atoms with Gasteiger partial charge in [-0.05, 0) is 12.0 Å². The van der Waals surface area contributed by atoms with E-state index >= 15 is 0 Å². The molecule has 1 N–H and O–H groups in total. The Morgan fingerprint density at radius 1 is 1.17 bits per heavy atom. The maximum absolute atomic E-state index is 12.4. The number of rotatable bonds is 4. The molecule has 1 heterocycles. The molecule has 1 saturated heterocycles. The van der Waals surface area contributed by atoms with Crippen molar-refractivity contribution in [3.63, 3.8) is 0 Å². The van der Waals surface area contributed by atoms with E-state index in [9.17, 15) is 14.4 Å². The molecule has 0 saturated carbocycles. The highest BCUT2D eigenvalue weighted by Gasteiger charge is 2.34. The van der Waals surface area contributed by atoms with E-state index in [1.54, 1.807) is 4.90 Å². The quantitative estimate of drug-likeness (QED) is 0.875. The molecule has 6 heteroatoms. The van der Waals surface area contributed by atoms with E-state index in [0.29, 0.717) is 25.9 Å². The fourth-order valence-corrected chi connectivity index (χ4v) is 2.83. The highest BCUT2D eigenvalue weighted by Crippen LogP contribution is 2.13. The maximum atomic E-state index is 12.4. The monoisotopic (exact) mass is 317 g/mol. The van der Waals surface area contributed by atoms with Gasteiger partial charge in [0.15, 0.2) is 0 Å².